The number of amides is 1. The average molecular weight is 425 g/mol. The summed E-state index contributed by atoms with van der Waals surface area (Å²) in [7, 11) is 0. The zero-order chi connectivity index (χ0) is 23.0. The molecule has 0 aromatic heterocycles. The second kappa shape index (κ2) is 11.1. The molecule has 31 heavy (non-hydrogen) atoms. The summed E-state index contributed by atoms with van der Waals surface area (Å²) in [5, 5.41) is 2.78. The summed E-state index contributed by atoms with van der Waals surface area (Å²) < 4.78 is 10.5. The molecule has 0 spiro atoms. The van der Waals surface area contributed by atoms with Crippen LogP contribution in [-0.4, -0.2) is 30.7 Å². The Kier molecular flexibility index (Phi) is 8.49. The van der Waals surface area contributed by atoms with Gasteiger partial charge in [0.1, 0.15) is 6.61 Å². The molecule has 1 N–H and O–H groups in total. The van der Waals surface area contributed by atoms with Crippen LogP contribution in [0.3, 0.4) is 0 Å². The SMILES string of the molecule is CCC(COC(C)=O)c1c(COC(C)=O)cc(-c2ccccc2)c(C=O)c1NC(C)=O. The summed E-state index contributed by atoms with van der Waals surface area (Å²) in [6, 6.07) is 11.0. The number of rotatable bonds is 9. The summed E-state index contributed by atoms with van der Waals surface area (Å²) in [5.74, 6) is -1.56. The van der Waals surface area contributed by atoms with E-state index in [-0.39, 0.29) is 25.0 Å². The van der Waals surface area contributed by atoms with E-state index < -0.39 is 11.9 Å². The molecule has 2 rings (SSSR count). The molecule has 0 saturated carbocycles. The fraction of sp³-hybridized carbons (Fsp3) is 0.333. The quantitative estimate of drug-likeness (QED) is 0.476. The fourth-order valence-corrected chi connectivity index (χ4v) is 3.45. The predicted octanol–water partition coefficient (Wildman–Crippen LogP) is 4.24. The van der Waals surface area contributed by atoms with Crippen LogP contribution in [0.5, 0.6) is 0 Å². The standard InChI is InChI=1S/C24H27NO6/c1-5-18(13-30-16(3)28)23-20(14-31-17(4)29)11-21(19-9-7-6-8-10-19)22(12-26)24(23)25-15(2)27/h6-12,18H,5,13-14H2,1-4H3,(H,25,27). The number of benzene rings is 2. The number of anilines is 1. The van der Waals surface area contributed by atoms with Gasteiger partial charge in [0, 0.05) is 32.3 Å². The first-order valence-corrected chi connectivity index (χ1v) is 10.0. The zero-order valence-electron chi connectivity index (χ0n) is 18.2. The van der Waals surface area contributed by atoms with Crippen molar-refractivity contribution < 1.29 is 28.7 Å². The van der Waals surface area contributed by atoms with Crippen molar-refractivity contribution in [3.8, 4) is 11.1 Å². The lowest BCUT2D eigenvalue weighted by Crippen LogP contribution is -2.19. The van der Waals surface area contributed by atoms with Gasteiger partial charge in [-0.1, -0.05) is 37.3 Å². The van der Waals surface area contributed by atoms with E-state index in [2.05, 4.69) is 5.32 Å². The Bertz CT molecular complexity index is 968. The van der Waals surface area contributed by atoms with Crippen molar-refractivity contribution in [1.29, 1.82) is 0 Å². The summed E-state index contributed by atoms with van der Waals surface area (Å²) in [6.45, 7) is 5.90. The van der Waals surface area contributed by atoms with Gasteiger partial charge in [-0.2, -0.15) is 0 Å². The highest BCUT2D eigenvalue weighted by Crippen LogP contribution is 2.39. The van der Waals surface area contributed by atoms with Crippen LogP contribution in [0.2, 0.25) is 0 Å². The van der Waals surface area contributed by atoms with Crippen molar-refractivity contribution in [1.82, 2.24) is 0 Å². The minimum atomic E-state index is -0.458. The van der Waals surface area contributed by atoms with Gasteiger partial charge in [0.2, 0.25) is 5.91 Å². The Balaban J connectivity index is 2.81. The van der Waals surface area contributed by atoms with Gasteiger partial charge in [-0.3, -0.25) is 19.2 Å². The number of esters is 2. The molecule has 2 aromatic carbocycles. The number of ether oxygens (including phenoxy) is 2. The highest BCUT2D eigenvalue weighted by molar-refractivity contribution is 6.02. The molecule has 164 valence electrons. The molecule has 2 aromatic rings. The van der Waals surface area contributed by atoms with Crippen LogP contribution in [0.25, 0.3) is 11.1 Å². The molecule has 1 amide bonds. The first kappa shape index (κ1) is 23.8. The fourth-order valence-electron chi connectivity index (χ4n) is 3.45. The summed E-state index contributed by atoms with van der Waals surface area (Å²) in [6.07, 6.45) is 1.27. The second-order valence-electron chi connectivity index (χ2n) is 7.14. The minimum Gasteiger partial charge on any atom is -0.465 e. The molecule has 7 nitrogen and oxygen atoms in total. The van der Waals surface area contributed by atoms with Crippen LogP contribution in [0.1, 0.15) is 61.5 Å². The van der Waals surface area contributed by atoms with E-state index in [9.17, 15) is 19.2 Å². The van der Waals surface area contributed by atoms with E-state index >= 15 is 0 Å². The van der Waals surface area contributed by atoms with Gasteiger partial charge < -0.3 is 14.8 Å². The molecule has 7 heteroatoms. The lowest BCUT2D eigenvalue weighted by Gasteiger charge is -2.25. The van der Waals surface area contributed by atoms with E-state index in [1.165, 1.54) is 20.8 Å². The molecule has 1 atom stereocenters. The van der Waals surface area contributed by atoms with Crippen LogP contribution < -0.4 is 5.32 Å². The lowest BCUT2D eigenvalue weighted by atomic mass is 9.85. The van der Waals surface area contributed by atoms with Gasteiger partial charge >= 0.3 is 11.9 Å². The maximum atomic E-state index is 12.2. The Hall–Kier alpha value is -3.48. The van der Waals surface area contributed by atoms with Crippen molar-refractivity contribution in [2.45, 2.75) is 46.6 Å². The molecule has 0 aliphatic rings. The Morgan fingerprint density at radius 2 is 1.68 bits per heavy atom. The molecular weight excluding hydrogens is 398 g/mol. The van der Waals surface area contributed by atoms with E-state index in [0.717, 1.165) is 5.56 Å². The van der Waals surface area contributed by atoms with Crippen molar-refractivity contribution in [3.63, 3.8) is 0 Å². The first-order valence-electron chi connectivity index (χ1n) is 10.0. The van der Waals surface area contributed by atoms with E-state index in [1.54, 1.807) is 6.07 Å². The number of carbonyl (C=O) groups excluding carboxylic acids is 4. The number of aldehydes is 1. The third kappa shape index (κ3) is 6.25. The third-order valence-corrected chi connectivity index (χ3v) is 4.82. The van der Waals surface area contributed by atoms with Crippen molar-refractivity contribution in [2.24, 2.45) is 0 Å². The van der Waals surface area contributed by atoms with Crippen LogP contribution in [0.4, 0.5) is 5.69 Å². The van der Waals surface area contributed by atoms with E-state index in [4.69, 9.17) is 9.47 Å². The van der Waals surface area contributed by atoms with Gasteiger partial charge in [-0.15, -0.1) is 0 Å². The molecule has 0 bridgehead atoms. The third-order valence-electron chi connectivity index (χ3n) is 4.82. The van der Waals surface area contributed by atoms with E-state index in [0.29, 0.717) is 40.6 Å². The molecule has 0 aliphatic heterocycles. The van der Waals surface area contributed by atoms with Gasteiger partial charge in [-0.25, -0.2) is 0 Å². The van der Waals surface area contributed by atoms with Crippen molar-refractivity contribution >= 4 is 29.8 Å². The average Bonchev–Trinajstić information content (AvgIpc) is 2.73. The normalized spacial score (nSPS) is 11.4. The monoisotopic (exact) mass is 425 g/mol. The topological polar surface area (TPSA) is 98.8 Å². The van der Waals surface area contributed by atoms with Crippen LogP contribution in [0, 0.1) is 0 Å². The second-order valence-corrected chi connectivity index (χ2v) is 7.14. The molecule has 0 saturated heterocycles. The molecule has 0 heterocycles. The lowest BCUT2D eigenvalue weighted by molar-refractivity contribution is -0.142. The summed E-state index contributed by atoms with van der Waals surface area (Å²) >= 11 is 0. The van der Waals surface area contributed by atoms with Gasteiger partial charge in [-0.05, 0) is 34.7 Å². The van der Waals surface area contributed by atoms with Crippen LogP contribution >= 0.6 is 0 Å². The van der Waals surface area contributed by atoms with Crippen molar-refractivity contribution in [2.75, 3.05) is 11.9 Å². The molecule has 0 radical (unpaired) electrons. The van der Waals surface area contributed by atoms with Crippen LogP contribution in [-0.2, 0) is 30.5 Å². The summed E-state index contributed by atoms with van der Waals surface area (Å²) in [4.78, 5) is 47.1. The first-order chi connectivity index (χ1) is 14.8. The predicted molar refractivity (Wildman–Crippen MR) is 117 cm³/mol. The minimum absolute atomic E-state index is 0.0488. The summed E-state index contributed by atoms with van der Waals surface area (Å²) in [5.41, 5.74) is 3.27. The molecule has 1 unspecified atom stereocenters. The number of nitrogens with one attached hydrogen (secondary N) is 1. The highest BCUT2D eigenvalue weighted by Gasteiger charge is 2.26. The maximum absolute atomic E-state index is 12.2. The van der Waals surface area contributed by atoms with E-state index in [1.807, 2.05) is 37.3 Å². The molecule has 0 fully saturated rings. The smallest absolute Gasteiger partial charge is 0.302 e. The number of hydrogen-bond acceptors (Lipinski definition) is 6. The Morgan fingerprint density at radius 1 is 1.03 bits per heavy atom. The van der Waals surface area contributed by atoms with Crippen molar-refractivity contribution in [3.05, 3.63) is 53.1 Å². The number of carbonyl (C=O) groups is 4. The maximum Gasteiger partial charge on any atom is 0.302 e. The van der Waals surface area contributed by atoms with Gasteiger partial charge in [0.05, 0.1) is 12.3 Å². The Labute approximate surface area is 181 Å². The highest BCUT2D eigenvalue weighted by atomic mass is 16.5. The van der Waals surface area contributed by atoms with Gasteiger partial charge in [0.15, 0.2) is 6.29 Å². The van der Waals surface area contributed by atoms with Crippen LogP contribution in [0.15, 0.2) is 36.4 Å². The Morgan fingerprint density at radius 3 is 2.19 bits per heavy atom. The zero-order valence-corrected chi connectivity index (χ0v) is 18.2. The number of hydrogen-bond donors (Lipinski definition) is 1. The largest absolute Gasteiger partial charge is 0.465 e. The van der Waals surface area contributed by atoms with Gasteiger partial charge in [0.25, 0.3) is 0 Å². The molecule has 0 aliphatic carbocycles. The molecular formula is C24H27NO6.